The highest BCUT2D eigenvalue weighted by atomic mass is 35.5. The number of nitrogens with zero attached hydrogens (tertiary/aromatic N) is 3. The lowest BCUT2D eigenvalue weighted by Crippen LogP contribution is -2.26. The molecule has 0 aliphatic carbocycles. The molecule has 2 aromatic rings. The predicted molar refractivity (Wildman–Crippen MR) is 77.1 cm³/mol. The topological polar surface area (TPSA) is 38.2 Å². The van der Waals surface area contributed by atoms with Gasteiger partial charge in [0.1, 0.15) is 17.9 Å². The van der Waals surface area contributed by atoms with E-state index in [9.17, 15) is 0 Å². The molecule has 0 N–H and O–H groups in total. The molecular formula is C14H16ClN3O. The third-order valence-corrected chi connectivity index (χ3v) is 3.05. The molecule has 0 atom stereocenters. The van der Waals surface area contributed by atoms with Crippen LogP contribution >= 0.6 is 11.6 Å². The van der Waals surface area contributed by atoms with E-state index in [0.717, 1.165) is 5.82 Å². The van der Waals surface area contributed by atoms with Crippen molar-refractivity contribution in [1.82, 2.24) is 9.97 Å². The molecule has 0 aliphatic heterocycles. The lowest BCUT2D eigenvalue weighted by Gasteiger charge is -2.22. The molecule has 5 heteroatoms. The summed E-state index contributed by atoms with van der Waals surface area (Å²) in [6.45, 7) is 4.20. The van der Waals surface area contributed by atoms with Crippen LogP contribution in [-0.4, -0.2) is 23.1 Å². The summed E-state index contributed by atoms with van der Waals surface area (Å²) in [5.74, 6) is 2.04. The zero-order valence-electron chi connectivity index (χ0n) is 11.2. The molecule has 0 saturated heterocycles. The molecule has 0 spiro atoms. The standard InChI is InChI=1S/C14H16ClN3O/c1-10(2)18(3)13-8-14(17-9-16-13)19-12-6-4-11(15)5-7-12/h4-10H,1-3H3. The summed E-state index contributed by atoms with van der Waals surface area (Å²) >= 11 is 5.83. The first kappa shape index (κ1) is 13.6. The van der Waals surface area contributed by atoms with Crippen LogP contribution in [0.25, 0.3) is 0 Å². The zero-order valence-corrected chi connectivity index (χ0v) is 11.9. The molecule has 0 saturated carbocycles. The minimum absolute atomic E-state index is 0.360. The van der Waals surface area contributed by atoms with Gasteiger partial charge in [0.05, 0.1) is 0 Å². The maximum Gasteiger partial charge on any atom is 0.224 e. The Hall–Kier alpha value is -1.81. The maximum atomic E-state index is 5.83. The number of ether oxygens (including phenoxy) is 1. The number of anilines is 1. The van der Waals surface area contributed by atoms with Gasteiger partial charge in [-0.15, -0.1) is 0 Å². The van der Waals surface area contributed by atoms with Crippen LogP contribution in [0.2, 0.25) is 5.02 Å². The summed E-state index contributed by atoms with van der Waals surface area (Å²) < 4.78 is 5.67. The highest BCUT2D eigenvalue weighted by molar-refractivity contribution is 6.30. The van der Waals surface area contributed by atoms with Crippen molar-refractivity contribution in [2.45, 2.75) is 19.9 Å². The van der Waals surface area contributed by atoms with E-state index in [0.29, 0.717) is 22.7 Å². The van der Waals surface area contributed by atoms with Gasteiger partial charge in [0, 0.05) is 24.2 Å². The molecule has 0 bridgehead atoms. The van der Waals surface area contributed by atoms with Crippen molar-refractivity contribution in [3.05, 3.63) is 41.7 Å². The summed E-state index contributed by atoms with van der Waals surface area (Å²) in [6.07, 6.45) is 1.50. The minimum Gasteiger partial charge on any atom is -0.439 e. The van der Waals surface area contributed by atoms with Crippen LogP contribution in [0, 0.1) is 0 Å². The van der Waals surface area contributed by atoms with E-state index in [1.807, 2.05) is 13.1 Å². The molecular weight excluding hydrogens is 262 g/mol. The average Bonchev–Trinajstić information content (AvgIpc) is 2.41. The number of aromatic nitrogens is 2. The van der Waals surface area contributed by atoms with E-state index in [-0.39, 0.29) is 0 Å². The maximum absolute atomic E-state index is 5.83. The average molecular weight is 278 g/mol. The number of rotatable bonds is 4. The van der Waals surface area contributed by atoms with Crippen LogP contribution in [0.5, 0.6) is 11.6 Å². The predicted octanol–water partition coefficient (Wildman–Crippen LogP) is 3.77. The Bertz CT molecular complexity index is 543. The van der Waals surface area contributed by atoms with Gasteiger partial charge in [-0.3, -0.25) is 0 Å². The Morgan fingerprint density at radius 2 is 1.84 bits per heavy atom. The van der Waals surface area contributed by atoms with Crippen LogP contribution in [0.3, 0.4) is 0 Å². The monoisotopic (exact) mass is 277 g/mol. The third-order valence-electron chi connectivity index (χ3n) is 2.80. The van der Waals surface area contributed by atoms with Gasteiger partial charge in [0.25, 0.3) is 0 Å². The summed E-state index contributed by atoms with van der Waals surface area (Å²) in [7, 11) is 1.99. The Morgan fingerprint density at radius 1 is 1.16 bits per heavy atom. The minimum atomic E-state index is 0.360. The number of benzene rings is 1. The molecule has 100 valence electrons. The fourth-order valence-corrected chi connectivity index (χ4v) is 1.59. The fourth-order valence-electron chi connectivity index (χ4n) is 1.47. The molecule has 1 aromatic carbocycles. The van der Waals surface area contributed by atoms with Crippen molar-refractivity contribution in [1.29, 1.82) is 0 Å². The van der Waals surface area contributed by atoms with E-state index in [4.69, 9.17) is 16.3 Å². The second-order valence-electron chi connectivity index (χ2n) is 4.48. The van der Waals surface area contributed by atoms with Crippen LogP contribution in [0.15, 0.2) is 36.7 Å². The molecule has 1 heterocycles. The molecule has 0 amide bonds. The van der Waals surface area contributed by atoms with Gasteiger partial charge >= 0.3 is 0 Å². The van der Waals surface area contributed by atoms with E-state index < -0.39 is 0 Å². The van der Waals surface area contributed by atoms with Crippen LogP contribution in [0.4, 0.5) is 5.82 Å². The van der Waals surface area contributed by atoms with Crippen LogP contribution in [-0.2, 0) is 0 Å². The van der Waals surface area contributed by atoms with Gasteiger partial charge in [-0.25, -0.2) is 9.97 Å². The van der Waals surface area contributed by atoms with Gasteiger partial charge in [-0.2, -0.15) is 0 Å². The van der Waals surface area contributed by atoms with Crippen molar-refractivity contribution in [3.8, 4) is 11.6 Å². The first-order valence-electron chi connectivity index (χ1n) is 6.04. The molecule has 0 fully saturated rings. The van der Waals surface area contributed by atoms with E-state index in [1.54, 1.807) is 24.3 Å². The second-order valence-corrected chi connectivity index (χ2v) is 4.91. The highest BCUT2D eigenvalue weighted by Crippen LogP contribution is 2.23. The largest absolute Gasteiger partial charge is 0.439 e. The van der Waals surface area contributed by atoms with Crippen molar-refractivity contribution in [3.63, 3.8) is 0 Å². The molecule has 4 nitrogen and oxygen atoms in total. The SMILES string of the molecule is CC(C)N(C)c1cc(Oc2ccc(Cl)cc2)ncn1. The smallest absolute Gasteiger partial charge is 0.224 e. The van der Waals surface area contributed by atoms with Crippen molar-refractivity contribution in [2.75, 3.05) is 11.9 Å². The van der Waals surface area contributed by atoms with Crippen LogP contribution in [0.1, 0.15) is 13.8 Å². The van der Waals surface area contributed by atoms with Gasteiger partial charge in [0.15, 0.2) is 0 Å². The molecule has 2 rings (SSSR count). The number of hydrogen-bond acceptors (Lipinski definition) is 4. The van der Waals surface area contributed by atoms with Gasteiger partial charge in [0.2, 0.25) is 5.88 Å². The zero-order chi connectivity index (χ0) is 13.8. The normalized spacial score (nSPS) is 10.6. The molecule has 19 heavy (non-hydrogen) atoms. The third kappa shape index (κ3) is 3.58. The Kier molecular flexibility index (Phi) is 4.22. The van der Waals surface area contributed by atoms with E-state index in [2.05, 4.69) is 28.7 Å². The van der Waals surface area contributed by atoms with Crippen molar-refractivity contribution in [2.24, 2.45) is 0 Å². The number of halogens is 1. The summed E-state index contributed by atoms with van der Waals surface area (Å²) in [4.78, 5) is 10.4. The number of hydrogen-bond donors (Lipinski definition) is 0. The molecule has 1 aromatic heterocycles. The lowest BCUT2D eigenvalue weighted by atomic mass is 10.3. The van der Waals surface area contributed by atoms with Crippen molar-refractivity contribution >= 4 is 17.4 Å². The lowest BCUT2D eigenvalue weighted by molar-refractivity contribution is 0.461. The van der Waals surface area contributed by atoms with Crippen LogP contribution < -0.4 is 9.64 Å². The second kappa shape index (κ2) is 5.89. The first-order valence-corrected chi connectivity index (χ1v) is 6.42. The molecule has 0 radical (unpaired) electrons. The Balaban J connectivity index is 2.17. The Labute approximate surface area is 118 Å². The molecule has 0 unspecified atom stereocenters. The Morgan fingerprint density at radius 3 is 2.47 bits per heavy atom. The molecule has 0 aliphatic rings. The summed E-state index contributed by atoms with van der Waals surface area (Å²) in [5, 5.41) is 0.676. The summed E-state index contributed by atoms with van der Waals surface area (Å²) in [5.41, 5.74) is 0. The fraction of sp³-hybridized carbons (Fsp3) is 0.286. The highest BCUT2D eigenvalue weighted by Gasteiger charge is 2.08. The quantitative estimate of drug-likeness (QED) is 0.853. The van der Waals surface area contributed by atoms with Gasteiger partial charge in [-0.05, 0) is 38.1 Å². The van der Waals surface area contributed by atoms with Gasteiger partial charge < -0.3 is 9.64 Å². The van der Waals surface area contributed by atoms with Crippen molar-refractivity contribution < 1.29 is 4.74 Å². The first-order chi connectivity index (χ1) is 9.06. The van der Waals surface area contributed by atoms with Gasteiger partial charge in [-0.1, -0.05) is 11.6 Å². The summed E-state index contributed by atoms with van der Waals surface area (Å²) in [6, 6.07) is 9.33. The van der Waals surface area contributed by atoms with E-state index in [1.165, 1.54) is 6.33 Å². The van der Waals surface area contributed by atoms with E-state index >= 15 is 0 Å².